The topological polar surface area (TPSA) is 15.3 Å². The summed E-state index contributed by atoms with van der Waals surface area (Å²) in [6.07, 6.45) is 0.910. The largest absolute Gasteiger partial charge is 0.309 e. The highest BCUT2D eigenvalue weighted by molar-refractivity contribution is 5.19. The second-order valence-electron chi connectivity index (χ2n) is 6.10. The van der Waals surface area contributed by atoms with Gasteiger partial charge in [0.15, 0.2) is 23.3 Å². The molecule has 1 atom stereocenters. The monoisotopic (exact) mass is 338 g/mol. The highest BCUT2D eigenvalue weighted by Gasteiger charge is 2.22. The first-order chi connectivity index (χ1) is 11.5. The summed E-state index contributed by atoms with van der Waals surface area (Å²) in [5.74, 6) is -3.37. The number of nitrogens with one attached hydrogen (secondary N) is 1. The molecular formula is C18H18F4N2. The lowest BCUT2D eigenvalue weighted by Crippen LogP contribution is -2.32. The second kappa shape index (κ2) is 7.32. The molecule has 0 bridgehead atoms. The van der Waals surface area contributed by atoms with E-state index in [9.17, 15) is 17.6 Å². The van der Waals surface area contributed by atoms with E-state index in [0.717, 1.165) is 37.2 Å². The summed E-state index contributed by atoms with van der Waals surface area (Å²) in [6, 6.07) is 8.03. The molecule has 24 heavy (non-hydrogen) atoms. The van der Waals surface area contributed by atoms with Gasteiger partial charge in [-0.25, -0.2) is 17.6 Å². The van der Waals surface area contributed by atoms with E-state index in [1.165, 1.54) is 12.1 Å². The van der Waals surface area contributed by atoms with E-state index >= 15 is 0 Å². The van der Waals surface area contributed by atoms with Gasteiger partial charge in [0.05, 0.1) is 0 Å². The van der Waals surface area contributed by atoms with Crippen LogP contribution in [0.2, 0.25) is 0 Å². The smallest absolute Gasteiger partial charge is 0.159 e. The molecule has 2 aromatic rings. The zero-order chi connectivity index (χ0) is 17.1. The highest BCUT2D eigenvalue weighted by atomic mass is 19.2. The molecule has 0 radical (unpaired) electrons. The fourth-order valence-electron chi connectivity index (χ4n) is 2.95. The maximum atomic E-state index is 13.2. The zero-order valence-electron chi connectivity index (χ0n) is 13.0. The average molecular weight is 338 g/mol. The van der Waals surface area contributed by atoms with Gasteiger partial charge in [-0.05, 0) is 41.8 Å². The van der Waals surface area contributed by atoms with Gasteiger partial charge in [0, 0.05) is 32.2 Å². The van der Waals surface area contributed by atoms with Gasteiger partial charge in [0.1, 0.15) is 0 Å². The minimum absolute atomic E-state index is 0.225. The Hall–Kier alpha value is -1.92. The van der Waals surface area contributed by atoms with Gasteiger partial charge in [0.2, 0.25) is 0 Å². The minimum atomic E-state index is -0.850. The van der Waals surface area contributed by atoms with E-state index < -0.39 is 23.3 Å². The van der Waals surface area contributed by atoms with Crippen LogP contribution >= 0.6 is 0 Å². The van der Waals surface area contributed by atoms with Crippen molar-refractivity contribution in [2.24, 2.45) is 0 Å². The number of rotatable bonds is 5. The van der Waals surface area contributed by atoms with Crippen LogP contribution in [-0.2, 0) is 13.1 Å². The molecule has 1 heterocycles. The summed E-state index contributed by atoms with van der Waals surface area (Å²) in [4.78, 5) is 2.15. The van der Waals surface area contributed by atoms with Crippen molar-refractivity contribution in [3.05, 3.63) is 70.8 Å². The van der Waals surface area contributed by atoms with Crippen LogP contribution in [0.4, 0.5) is 17.6 Å². The van der Waals surface area contributed by atoms with Crippen molar-refractivity contribution in [2.75, 3.05) is 13.1 Å². The summed E-state index contributed by atoms with van der Waals surface area (Å²) in [5, 5.41) is 3.32. The number of hydrogen-bond donors (Lipinski definition) is 1. The third-order valence-corrected chi connectivity index (χ3v) is 4.24. The Morgan fingerprint density at radius 3 is 2.17 bits per heavy atom. The molecule has 128 valence electrons. The lowest BCUT2D eigenvalue weighted by molar-refractivity contribution is 0.319. The summed E-state index contributed by atoms with van der Waals surface area (Å²) in [6.45, 7) is 2.62. The minimum Gasteiger partial charge on any atom is -0.309 e. The maximum absolute atomic E-state index is 13.2. The quantitative estimate of drug-likeness (QED) is 0.838. The number of hydrogen-bond acceptors (Lipinski definition) is 2. The van der Waals surface area contributed by atoms with Crippen LogP contribution in [0, 0.1) is 23.3 Å². The summed E-state index contributed by atoms with van der Waals surface area (Å²) in [7, 11) is 0. The third kappa shape index (κ3) is 4.13. The lowest BCUT2D eigenvalue weighted by atomic mass is 10.2. The molecule has 0 aliphatic carbocycles. The molecule has 1 aliphatic rings. The highest BCUT2D eigenvalue weighted by Crippen LogP contribution is 2.16. The Morgan fingerprint density at radius 2 is 1.50 bits per heavy atom. The average Bonchev–Trinajstić information content (AvgIpc) is 3.00. The van der Waals surface area contributed by atoms with Gasteiger partial charge in [0.25, 0.3) is 0 Å². The van der Waals surface area contributed by atoms with Crippen molar-refractivity contribution in [1.82, 2.24) is 10.2 Å². The molecule has 1 unspecified atom stereocenters. The van der Waals surface area contributed by atoms with Crippen LogP contribution in [0.3, 0.4) is 0 Å². The third-order valence-electron chi connectivity index (χ3n) is 4.24. The summed E-state index contributed by atoms with van der Waals surface area (Å²) < 4.78 is 52.3. The van der Waals surface area contributed by atoms with Gasteiger partial charge in [-0.3, -0.25) is 4.90 Å². The predicted molar refractivity (Wildman–Crippen MR) is 83.2 cm³/mol. The Bertz CT molecular complexity index is 720. The van der Waals surface area contributed by atoms with Crippen molar-refractivity contribution in [3.63, 3.8) is 0 Å². The molecule has 1 N–H and O–H groups in total. The Labute approximate surface area is 138 Å². The van der Waals surface area contributed by atoms with Crippen LogP contribution in [0.1, 0.15) is 17.5 Å². The van der Waals surface area contributed by atoms with E-state index in [-0.39, 0.29) is 6.04 Å². The fourth-order valence-corrected chi connectivity index (χ4v) is 2.95. The normalized spacial score (nSPS) is 18.2. The molecule has 0 amide bonds. The molecule has 1 aliphatic heterocycles. The van der Waals surface area contributed by atoms with Gasteiger partial charge in [-0.1, -0.05) is 12.1 Å². The van der Waals surface area contributed by atoms with E-state index in [1.807, 2.05) is 0 Å². The van der Waals surface area contributed by atoms with Crippen molar-refractivity contribution in [2.45, 2.75) is 25.6 Å². The van der Waals surface area contributed by atoms with E-state index in [4.69, 9.17) is 0 Å². The Balaban J connectivity index is 1.50. The van der Waals surface area contributed by atoms with Crippen molar-refractivity contribution in [1.29, 1.82) is 0 Å². The van der Waals surface area contributed by atoms with Crippen LogP contribution in [0.5, 0.6) is 0 Å². The molecule has 1 fully saturated rings. The first-order valence-corrected chi connectivity index (χ1v) is 7.85. The Kier molecular flexibility index (Phi) is 5.16. The lowest BCUT2D eigenvalue weighted by Gasteiger charge is -2.17. The van der Waals surface area contributed by atoms with Crippen molar-refractivity contribution < 1.29 is 17.6 Å². The summed E-state index contributed by atoms with van der Waals surface area (Å²) >= 11 is 0. The molecular weight excluding hydrogens is 320 g/mol. The summed E-state index contributed by atoms with van der Waals surface area (Å²) in [5.41, 5.74) is 1.42. The maximum Gasteiger partial charge on any atom is 0.159 e. The van der Waals surface area contributed by atoms with Gasteiger partial charge < -0.3 is 5.32 Å². The first-order valence-electron chi connectivity index (χ1n) is 7.85. The Morgan fingerprint density at radius 1 is 0.875 bits per heavy atom. The number of likely N-dealkylation sites (tertiary alicyclic amines) is 1. The molecule has 0 saturated carbocycles. The van der Waals surface area contributed by atoms with Crippen LogP contribution in [-0.4, -0.2) is 24.0 Å². The molecule has 0 spiro atoms. The molecule has 1 saturated heterocycles. The number of halogens is 4. The number of benzene rings is 2. The van der Waals surface area contributed by atoms with Crippen LogP contribution in [0.25, 0.3) is 0 Å². The predicted octanol–water partition coefficient (Wildman–Crippen LogP) is 3.61. The molecule has 2 nitrogen and oxygen atoms in total. The van der Waals surface area contributed by atoms with Gasteiger partial charge in [-0.15, -0.1) is 0 Å². The first kappa shape index (κ1) is 16.9. The van der Waals surface area contributed by atoms with E-state index in [1.54, 1.807) is 12.1 Å². The molecule has 2 aromatic carbocycles. The SMILES string of the molecule is Fc1ccc(CNC2CCN(Cc3ccc(F)c(F)c3)C2)cc1F. The van der Waals surface area contributed by atoms with Gasteiger partial charge in [-0.2, -0.15) is 0 Å². The fraction of sp³-hybridized carbons (Fsp3) is 0.333. The standard InChI is InChI=1S/C18H18F4N2/c19-15-3-1-12(7-17(15)21)9-23-14-5-6-24(11-14)10-13-2-4-16(20)18(22)8-13/h1-4,7-8,14,23H,5-6,9-11H2. The van der Waals surface area contributed by atoms with Gasteiger partial charge >= 0.3 is 0 Å². The van der Waals surface area contributed by atoms with Crippen molar-refractivity contribution in [3.8, 4) is 0 Å². The second-order valence-corrected chi connectivity index (χ2v) is 6.10. The number of nitrogens with zero attached hydrogens (tertiary/aromatic N) is 1. The zero-order valence-corrected chi connectivity index (χ0v) is 13.0. The van der Waals surface area contributed by atoms with E-state index in [2.05, 4.69) is 10.2 Å². The van der Waals surface area contributed by atoms with E-state index in [0.29, 0.717) is 18.7 Å². The molecule has 6 heteroatoms. The van der Waals surface area contributed by atoms with Crippen LogP contribution in [0.15, 0.2) is 36.4 Å². The molecule has 3 rings (SSSR count). The van der Waals surface area contributed by atoms with Crippen LogP contribution < -0.4 is 5.32 Å². The van der Waals surface area contributed by atoms with Crippen molar-refractivity contribution >= 4 is 0 Å². The molecule has 0 aromatic heterocycles.